The number of anilines is 1. The number of aliphatic hydroxyl groups is 1. The number of carbonyl (C=O) groups excluding carboxylic acids is 2. The molecule has 10 heteroatoms. The number of ketones is 1. The molecule has 1 aliphatic rings. The average molecular weight is 464 g/mol. The van der Waals surface area contributed by atoms with Gasteiger partial charge in [0.2, 0.25) is 5.13 Å². The summed E-state index contributed by atoms with van der Waals surface area (Å²) >= 11 is 13.3. The zero-order valence-corrected chi connectivity index (χ0v) is 17.6. The Morgan fingerprint density at radius 1 is 1.10 bits per heavy atom. The van der Waals surface area contributed by atoms with Crippen molar-refractivity contribution in [3.8, 4) is 0 Å². The van der Waals surface area contributed by atoms with Crippen LogP contribution in [0.5, 0.6) is 0 Å². The molecule has 2 aromatic carbocycles. The van der Waals surface area contributed by atoms with Crippen molar-refractivity contribution in [3.63, 3.8) is 0 Å². The zero-order chi connectivity index (χ0) is 21.6. The van der Waals surface area contributed by atoms with Crippen molar-refractivity contribution in [2.75, 3.05) is 4.90 Å². The molecule has 0 radical (unpaired) electrons. The Kier molecular flexibility index (Phi) is 5.31. The first-order valence-corrected chi connectivity index (χ1v) is 10.2. The molecule has 1 atom stereocenters. The molecule has 4 rings (SSSR count). The number of nitrogens with zero attached hydrogens (tertiary/aromatic N) is 3. The highest BCUT2D eigenvalue weighted by molar-refractivity contribution is 7.15. The van der Waals surface area contributed by atoms with Gasteiger partial charge in [-0.25, -0.2) is 4.39 Å². The van der Waals surface area contributed by atoms with Crippen LogP contribution in [0.2, 0.25) is 10.0 Å². The van der Waals surface area contributed by atoms with E-state index in [2.05, 4.69) is 10.2 Å². The molecule has 30 heavy (non-hydrogen) atoms. The van der Waals surface area contributed by atoms with Gasteiger partial charge in [-0.15, -0.1) is 10.2 Å². The summed E-state index contributed by atoms with van der Waals surface area (Å²) in [6, 6.07) is 8.56. The van der Waals surface area contributed by atoms with Crippen LogP contribution >= 0.6 is 34.5 Å². The summed E-state index contributed by atoms with van der Waals surface area (Å²) in [5.41, 5.74) is 0.464. The van der Waals surface area contributed by atoms with Gasteiger partial charge in [0.05, 0.1) is 21.7 Å². The van der Waals surface area contributed by atoms with Crippen LogP contribution in [0, 0.1) is 12.7 Å². The molecular formula is C20H12Cl2FN3O3S. The first-order valence-electron chi connectivity index (χ1n) is 8.60. The predicted molar refractivity (Wildman–Crippen MR) is 112 cm³/mol. The number of amides is 1. The number of rotatable bonds is 3. The fourth-order valence-electron chi connectivity index (χ4n) is 3.17. The zero-order valence-electron chi connectivity index (χ0n) is 15.3. The van der Waals surface area contributed by atoms with Crippen LogP contribution in [0.3, 0.4) is 0 Å². The Morgan fingerprint density at radius 2 is 1.80 bits per heavy atom. The average Bonchev–Trinajstić information content (AvgIpc) is 3.25. The minimum Gasteiger partial charge on any atom is -0.507 e. The van der Waals surface area contributed by atoms with Crippen molar-refractivity contribution in [2.45, 2.75) is 13.0 Å². The molecular weight excluding hydrogens is 452 g/mol. The van der Waals surface area contributed by atoms with Gasteiger partial charge in [0.25, 0.3) is 5.78 Å². The summed E-state index contributed by atoms with van der Waals surface area (Å²) in [6.07, 6.45) is 0. The molecule has 1 amide bonds. The highest BCUT2D eigenvalue weighted by Crippen LogP contribution is 2.43. The second-order valence-electron chi connectivity index (χ2n) is 6.45. The summed E-state index contributed by atoms with van der Waals surface area (Å²) in [4.78, 5) is 27.0. The Labute approximate surface area is 184 Å². The van der Waals surface area contributed by atoms with E-state index < -0.39 is 29.3 Å². The molecule has 1 fully saturated rings. The number of hydrogen-bond acceptors (Lipinski definition) is 6. The SMILES string of the molecule is Cc1nnc(N2C(=O)C(=O)C(=C(O)c3ccc(F)cc3)[C@H]2c2ccc(Cl)c(Cl)c2)s1. The molecule has 1 saturated heterocycles. The van der Waals surface area contributed by atoms with E-state index in [1.807, 2.05) is 0 Å². The molecule has 2 heterocycles. The van der Waals surface area contributed by atoms with E-state index in [9.17, 15) is 19.1 Å². The fraction of sp³-hybridized carbons (Fsp3) is 0.100. The van der Waals surface area contributed by atoms with E-state index in [0.717, 1.165) is 23.5 Å². The van der Waals surface area contributed by atoms with E-state index in [0.29, 0.717) is 15.6 Å². The lowest BCUT2D eigenvalue weighted by Crippen LogP contribution is -2.29. The topological polar surface area (TPSA) is 83.4 Å². The third kappa shape index (κ3) is 3.47. The monoisotopic (exact) mass is 463 g/mol. The molecule has 1 aromatic heterocycles. The van der Waals surface area contributed by atoms with Gasteiger partial charge in [-0.1, -0.05) is 40.6 Å². The smallest absolute Gasteiger partial charge is 0.301 e. The number of halogens is 3. The van der Waals surface area contributed by atoms with Gasteiger partial charge in [-0.05, 0) is 48.9 Å². The van der Waals surface area contributed by atoms with E-state index in [4.69, 9.17) is 23.2 Å². The van der Waals surface area contributed by atoms with Crippen molar-refractivity contribution >= 4 is 57.1 Å². The van der Waals surface area contributed by atoms with Gasteiger partial charge in [0.15, 0.2) is 0 Å². The summed E-state index contributed by atoms with van der Waals surface area (Å²) in [5.74, 6) is -2.71. The first-order chi connectivity index (χ1) is 14.3. The number of aromatic nitrogens is 2. The molecule has 0 bridgehead atoms. The third-order valence-electron chi connectivity index (χ3n) is 4.54. The van der Waals surface area contributed by atoms with Gasteiger partial charge < -0.3 is 5.11 Å². The lowest BCUT2D eigenvalue weighted by Gasteiger charge is -2.22. The van der Waals surface area contributed by atoms with Crippen LogP contribution in [0.1, 0.15) is 22.2 Å². The van der Waals surface area contributed by atoms with Gasteiger partial charge >= 0.3 is 5.91 Å². The van der Waals surface area contributed by atoms with Crippen LogP contribution in [0.4, 0.5) is 9.52 Å². The van der Waals surface area contributed by atoms with Crippen LogP contribution < -0.4 is 4.90 Å². The lowest BCUT2D eigenvalue weighted by atomic mass is 9.95. The van der Waals surface area contributed by atoms with Crippen molar-refractivity contribution in [2.24, 2.45) is 0 Å². The van der Waals surface area contributed by atoms with Gasteiger partial charge in [0, 0.05) is 5.56 Å². The highest BCUT2D eigenvalue weighted by atomic mass is 35.5. The number of aryl methyl sites for hydroxylation is 1. The molecule has 6 nitrogen and oxygen atoms in total. The van der Waals surface area contributed by atoms with Crippen LogP contribution in [0.25, 0.3) is 5.76 Å². The summed E-state index contributed by atoms with van der Waals surface area (Å²) < 4.78 is 13.3. The molecule has 152 valence electrons. The van der Waals surface area contributed by atoms with E-state index >= 15 is 0 Å². The van der Waals surface area contributed by atoms with Crippen molar-refractivity contribution in [1.82, 2.24) is 10.2 Å². The maximum atomic E-state index is 13.3. The van der Waals surface area contributed by atoms with E-state index in [-0.39, 0.29) is 21.3 Å². The maximum absolute atomic E-state index is 13.3. The Morgan fingerprint density at radius 3 is 2.40 bits per heavy atom. The molecule has 0 spiro atoms. The number of benzene rings is 2. The van der Waals surface area contributed by atoms with Gasteiger partial charge in [-0.3, -0.25) is 14.5 Å². The fourth-order valence-corrected chi connectivity index (χ4v) is 4.20. The number of hydrogen-bond donors (Lipinski definition) is 1. The number of carbonyl (C=O) groups is 2. The summed E-state index contributed by atoms with van der Waals surface area (Å²) in [6.45, 7) is 1.71. The Bertz CT molecular complexity index is 1210. The van der Waals surface area contributed by atoms with Crippen LogP contribution in [-0.2, 0) is 9.59 Å². The first kappa shape index (κ1) is 20.5. The minimum atomic E-state index is -1.02. The summed E-state index contributed by atoms with van der Waals surface area (Å²) in [5, 5.41) is 20.1. The normalized spacial score (nSPS) is 18.3. The van der Waals surface area contributed by atoms with Crippen LogP contribution in [-0.4, -0.2) is 27.0 Å². The van der Waals surface area contributed by atoms with E-state index in [1.54, 1.807) is 13.0 Å². The Hall–Kier alpha value is -2.81. The molecule has 1 N–H and O–H groups in total. The molecule has 0 unspecified atom stereocenters. The van der Waals surface area contributed by atoms with Crippen molar-refractivity contribution < 1.29 is 19.1 Å². The second-order valence-corrected chi connectivity index (χ2v) is 8.43. The van der Waals surface area contributed by atoms with Gasteiger partial charge in [-0.2, -0.15) is 0 Å². The third-order valence-corrected chi connectivity index (χ3v) is 6.12. The summed E-state index contributed by atoms with van der Waals surface area (Å²) in [7, 11) is 0. The molecule has 1 aliphatic heterocycles. The molecule has 0 aliphatic carbocycles. The van der Waals surface area contributed by atoms with Gasteiger partial charge in [0.1, 0.15) is 16.6 Å². The Balaban J connectivity index is 1.96. The number of Topliss-reactive ketones (excluding diaryl/α,β-unsaturated/α-hetero) is 1. The molecule has 3 aromatic rings. The largest absolute Gasteiger partial charge is 0.507 e. The van der Waals surface area contributed by atoms with Crippen LogP contribution in [0.15, 0.2) is 48.0 Å². The van der Waals surface area contributed by atoms with Crippen molar-refractivity contribution in [3.05, 3.63) is 80.0 Å². The van der Waals surface area contributed by atoms with E-state index in [1.165, 1.54) is 29.2 Å². The lowest BCUT2D eigenvalue weighted by molar-refractivity contribution is -0.132. The second kappa shape index (κ2) is 7.79. The predicted octanol–water partition coefficient (Wildman–Crippen LogP) is 4.92. The standard InChI is InChI=1S/C20H12Cl2FN3O3S/c1-9-24-25-20(30-9)26-16(11-4-7-13(21)14(22)8-11)15(18(28)19(26)29)17(27)10-2-5-12(23)6-3-10/h2-8,16,27H,1H3/t16-/m1/s1. The quantitative estimate of drug-likeness (QED) is 0.338. The number of aliphatic hydroxyl groups excluding tert-OH is 1. The highest BCUT2D eigenvalue weighted by Gasteiger charge is 2.48. The van der Waals surface area contributed by atoms with Crippen molar-refractivity contribution in [1.29, 1.82) is 0 Å². The molecule has 0 saturated carbocycles. The minimum absolute atomic E-state index is 0.169. The maximum Gasteiger partial charge on any atom is 0.301 e.